The molecule has 0 saturated heterocycles. The SMILES string of the molecule is CN(C)c1cc(N[C@H]2CC[C@@H](NC(=O)COc3ccc(Cl)cc3)CC2)nc2ccccc12. The zero-order chi connectivity index (χ0) is 22.5. The molecule has 2 aromatic carbocycles. The molecule has 6 nitrogen and oxygen atoms in total. The standard InChI is InChI=1S/C25H29ClN4O2/c1-30(2)23-15-24(29-22-6-4-3-5-21(22)23)27-18-9-11-19(12-10-18)28-25(31)16-32-20-13-7-17(26)8-14-20/h3-8,13-15,18-19H,9-12,16H2,1-2H3,(H,27,29)(H,28,31)/t18-,19+. The second-order valence-electron chi connectivity index (χ2n) is 8.44. The van der Waals surface area contributed by atoms with Gasteiger partial charge in [0.1, 0.15) is 11.6 Å². The van der Waals surface area contributed by atoms with Crippen molar-refractivity contribution in [2.24, 2.45) is 0 Å². The molecule has 32 heavy (non-hydrogen) atoms. The van der Waals surface area contributed by atoms with Crippen molar-refractivity contribution >= 4 is 39.9 Å². The summed E-state index contributed by atoms with van der Waals surface area (Å²) in [6.45, 7) is 0.00807. The van der Waals surface area contributed by atoms with Crippen LogP contribution in [0.2, 0.25) is 5.02 Å². The molecule has 1 fully saturated rings. The number of amides is 1. The number of aromatic nitrogens is 1. The van der Waals surface area contributed by atoms with Crippen LogP contribution in [-0.4, -0.2) is 43.7 Å². The van der Waals surface area contributed by atoms with E-state index >= 15 is 0 Å². The Morgan fingerprint density at radius 1 is 1.06 bits per heavy atom. The van der Waals surface area contributed by atoms with Gasteiger partial charge < -0.3 is 20.3 Å². The minimum absolute atomic E-state index is 0.00807. The third-order valence-corrected chi connectivity index (χ3v) is 6.06. The van der Waals surface area contributed by atoms with E-state index in [9.17, 15) is 4.79 Å². The second kappa shape index (κ2) is 10.1. The molecule has 1 heterocycles. The molecular formula is C25H29ClN4O2. The molecule has 0 aliphatic heterocycles. The zero-order valence-corrected chi connectivity index (χ0v) is 19.2. The van der Waals surface area contributed by atoms with Crippen molar-refractivity contribution in [1.82, 2.24) is 10.3 Å². The molecule has 7 heteroatoms. The van der Waals surface area contributed by atoms with Crippen LogP contribution in [0.15, 0.2) is 54.6 Å². The Morgan fingerprint density at radius 3 is 2.47 bits per heavy atom. The monoisotopic (exact) mass is 452 g/mol. The van der Waals surface area contributed by atoms with Gasteiger partial charge in [-0.25, -0.2) is 4.98 Å². The van der Waals surface area contributed by atoms with Gasteiger partial charge in [0.25, 0.3) is 5.91 Å². The third kappa shape index (κ3) is 5.62. The Hall–Kier alpha value is -2.99. The Bertz CT molecular complexity index is 1060. The van der Waals surface area contributed by atoms with Crippen molar-refractivity contribution in [1.29, 1.82) is 0 Å². The maximum atomic E-state index is 12.3. The van der Waals surface area contributed by atoms with E-state index in [-0.39, 0.29) is 18.6 Å². The van der Waals surface area contributed by atoms with Gasteiger partial charge in [0.15, 0.2) is 6.61 Å². The minimum atomic E-state index is -0.0943. The summed E-state index contributed by atoms with van der Waals surface area (Å²) in [5, 5.41) is 8.49. The van der Waals surface area contributed by atoms with E-state index in [1.54, 1.807) is 24.3 Å². The number of carbonyl (C=O) groups excluding carboxylic acids is 1. The smallest absolute Gasteiger partial charge is 0.258 e. The highest BCUT2D eigenvalue weighted by Crippen LogP contribution is 2.29. The van der Waals surface area contributed by atoms with Gasteiger partial charge >= 0.3 is 0 Å². The molecule has 0 bridgehead atoms. The molecule has 1 aliphatic carbocycles. The molecule has 168 valence electrons. The van der Waals surface area contributed by atoms with Gasteiger partial charge in [-0.1, -0.05) is 29.8 Å². The molecule has 3 aromatic rings. The number of anilines is 2. The van der Waals surface area contributed by atoms with Crippen molar-refractivity contribution in [3.05, 3.63) is 59.6 Å². The Kier molecular flexibility index (Phi) is 7.00. The second-order valence-corrected chi connectivity index (χ2v) is 8.88. The summed E-state index contributed by atoms with van der Waals surface area (Å²) in [5.74, 6) is 1.44. The Labute approximate surface area is 193 Å². The highest BCUT2D eigenvalue weighted by Gasteiger charge is 2.23. The average Bonchev–Trinajstić information content (AvgIpc) is 2.79. The molecule has 1 saturated carbocycles. The number of pyridine rings is 1. The van der Waals surface area contributed by atoms with Crippen molar-refractivity contribution in [2.45, 2.75) is 37.8 Å². The van der Waals surface area contributed by atoms with Crippen LogP contribution >= 0.6 is 11.6 Å². The fourth-order valence-corrected chi connectivity index (χ4v) is 4.27. The highest BCUT2D eigenvalue weighted by atomic mass is 35.5. The lowest BCUT2D eigenvalue weighted by molar-refractivity contribution is -0.124. The number of halogens is 1. The van der Waals surface area contributed by atoms with Crippen LogP contribution < -0.4 is 20.3 Å². The van der Waals surface area contributed by atoms with Crippen LogP contribution in [0, 0.1) is 0 Å². The number of benzene rings is 2. The van der Waals surface area contributed by atoms with E-state index < -0.39 is 0 Å². The number of hydrogen-bond acceptors (Lipinski definition) is 5. The number of nitrogens with one attached hydrogen (secondary N) is 2. The van der Waals surface area contributed by atoms with E-state index in [0.717, 1.165) is 48.1 Å². The molecular weight excluding hydrogens is 424 g/mol. The molecule has 1 aliphatic rings. The van der Waals surface area contributed by atoms with Gasteiger partial charge in [-0.2, -0.15) is 0 Å². The molecule has 4 rings (SSSR count). The number of ether oxygens (including phenoxy) is 1. The summed E-state index contributed by atoms with van der Waals surface area (Å²) in [4.78, 5) is 19.2. The van der Waals surface area contributed by atoms with Crippen LogP contribution in [0.25, 0.3) is 10.9 Å². The van der Waals surface area contributed by atoms with E-state index in [2.05, 4.69) is 41.8 Å². The summed E-state index contributed by atoms with van der Waals surface area (Å²) in [6, 6.07) is 17.9. The van der Waals surface area contributed by atoms with E-state index in [0.29, 0.717) is 16.8 Å². The molecule has 2 N–H and O–H groups in total. The third-order valence-electron chi connectivity index (χ3n) is 5.80. The largest absolute Gasteiger partial charge is 0.484 e. The van der Waals surface area contributed by atoms with Crippen LogP contribution in [-0.2, 0) is 4.79 Å². The average molecular weight is 453 g/mol. The zero-order valence-electron chi connectivity index (χ0n) is 18.5. The van der Waals surface area contributed by atoms with Crippen LogP contribution in [0.1, 0.15) is 25.7 Å². The Balaban J connectivity index is 1.27. The van der Waals surface area contributed by atoms with E-state index in [1.807, 2.05) is 18.2 Å². The highest BCUT2D eigenvalue weighted by molar-refractivity contribution is 6.30. The van der Waals surface area contributed by atoms with Gasteiger partial charge in [0, 0.05) is 48.3 Å². The molecule has 0 atom stereocenters. The van der Waals surface area contributed by atoms with Gasteiger partial charge in [-0.15, -0.1) is 0 Å². The van der Waals surface area contributed by atoms with Gasteiger partial charge in [0.2, 0.25) is 0 Å². The summed E-state index contributed by atoms with van der Waals surface area (Å²) in [6.07, 6.45) is 3.82. The molecule has 0 radical (unpaired) electrons. The van der Waals surface area contributed by atoms with Crippen molar-refractivity contribution in [3.8, 4) is 5.75 Å². The fourth-order valence-electron chi connectivity index (χ4n) is 4.14. The maximum Gasteiger partial charge on any atom is 0.258 e. The van der Waals surface area contributed by atoms with Gasteiger partial charge in [-0.05, 0) is 56.0 Å². The molecule has 0 spiro atoms. The van der Waals surface area contributed by atoms with Crippen LogP contribution in [0.5, 0.6) is 5.75 Å². The molecule has 1 aromatic heterocycles. The predicted molar refractivity (Wildman–Crippen MR) is 131 cm³/mol. The molecule has 0 unspecified atom stereocenters. The molecule has 1 amide bonds. The lowest BCUT2D eigenvalue weighted by atomic mass is 9.91. The summed E-state index contributed by atoms with van der Waals surface area (Å²) in [7, 11) is 4.10. The van der Waals surface area contributed by atoms with Crippen molar-refractivity contribution in [3.63, 3.8) is 0 Å². The van der Waals surface area contributed by atoms with Crippen molar-refractivity contribution < 1.29 is 9.53 Å². The number of hydrogen-bond donors (Lipinski definition) is 2. The summed E-state index contributed by atoms with van der Waals surface area (Å²) in [5.41, 5.74) is 2.14. The van der Waals surface area contributed by atoms with Crippen LogP contribution in [0.3, 0.4) is 0 Å². The van der Waals surface area contributed by atoms with Crippen LogP contribution in [0.4, 0.5) is 11.5 Å². The first-order valence-corrected chi connectivity index (χ1v) is 11.4. The first-order chi connectivity index (χ1) is 15.5. The quantitative estimate of drug-likeness (QED) is 0.535. The fraction of sp³-hybridized carbons (Fsp3) is 0.360. The first-order valence-electron chi connectivity index (χ1n) is 11.0. The number of rotatable bonds is 7. The lowest BCUT2D eigenvalue weighted by Crippen LogP contribution is -2.42. The van der Waals surface area contributed by atoms with Gasteiger partial charge in [0.05, 0.1) is 5.52 Å². The first kappa shape index (κ1) is 22.2. The topological polar surface area (TPSA) is 66.5 Å². The number of nitrogens with zero attached hydrogens (tertiary/aromatic N) is 2. The maximum absolute atomic E-state index is 12.3. The van der Waals surface area contributed by atoms with E-state index in [4.69, 9.17) is 21.3 Å². The number of carbonyl (C=O) groups is 1. The number of para-hydroxylation sites is 1. The normalized spacial score (nSPS) is 18.2. The predicted octanol–water partition coefficient (Wildman–Crippen LogP) is 4.87. The Morgan fingerprint density at radius 2 is 1.75 bits per heavy atom. The van der Waals surface area contributed by atoms with E-state index in [1.165, 1.54) is 0 Å². The van der Waals surface area contributed by atoms with Gasteiger partial charge in [-0.3, -0.25) is 4.79 Å². The summed E-state index contributed by atoms with van der Waals surface area (Å²) >= 11 is 5.87. The minimum Gasteiger partial charge on any atom is -0.484 e. The lowest BCUT2D eigenvalue weighted by Gasteiger charge is -2.30. The summed E-state index contributed by atoms with van der Waals surface area (Å²) < 4.78 is 5.53. The number of fused-ring (bicyclic) bond motifs is 1. The van der Waals surface area contributed by atoms with Crippen molar-refractivity contribution in [2.75, 3.05) is 30.9 Å².